The minimum Gasteiger partial charge on any atom is -0.0499 e. The number of hydrogen-bond acceptors (Lipinski definition) is 0. The van der Waals surface area contributed by atoms with Crippen LogP contribution in [-0.2, 0) is 0 Å². The first kappa shape index (κ1) is 5.62. The first-order valence-corrected chi connectivity index (χ1v) is 4.93. The Labute approximate surface area is 63.0 Å². The van der Waals surface area contributed by atoms with Gasteiger partial charge in [-0.3, -0.25) is 0 Å². The summed E-state index contributed by atoms with van der Waals surface area (Å²) in [5, 5.41) is 0. The van der Waals surface area contributed by atoms with Crippen LogP contribution in [0.15, 0.2) is 0 Å². The van der Waals surface area contributed by atoms with E-state index in [0.29, 0.717) is 0 Å². The van der Waals surface area contributed by atoms with Crippen molar-refractivity contribution in [1.82, 2.24) is 0 Å². The quantitative estimate of drug-likeness (QED) is 0.480. The van der Waals surface area contributed by atoms with E-state index in [1.165, 1.54) is 23.7 Å². The van der Waals surface area contributed by atoms with Gasteiger partial charge in [0.2, 0.25) is 0 Å². The zero-order valence-corrected chi connectivity index (χ0v) is 6.55. The lowest BCUT2D eigenvalue weighted by Gasteiger charge is -2.25. The smallest absolute Gasteiger partial charge is 0.0383 e. The van der Waals surface area contributed by atoms with Crippen molar-refractivity contribution in [2.24, 2.45) is 23.7 Å². The van der Waals surface area contributed by atoms with Crippen LogP contribution in [-0.4, -0.2) is 0 Å². The standard InChI is InChI=1S/C10H16/c1-2-8-5-7(1)9-3-4-10(8)6-9/h7-10H,1-6H2/t7-,8?,9?,10?/m0/s1. The molecule has 0 heteroatoms. The molecular formula is C10H16. The molecule has 3 aliphatic rings. The lowest BCUT2D eigenvalue weighted by Crippen LogP contribution is -2.17. The summed E-state index contributed by atoms with van der Waals surface area (Å²) in [6.45, 7) is 0. The monoisotopic (exact) mass is 136 g/mol. The first-order valence-electron chi connectivity index (χ1n) is 4.93. The van der Waals surface area contributed by atoms with Crippen molar-refractivity contribution in [3.63, 3.8) is 0 Å². The lowest BCUT2D eigenvalue weighted by atomic mass is 9.80. The molecule has 10 heavy (non-hydrogen) atoms. The topological polar surface area (TPSA) is 0 Å². The molecule has 0 spiro atoms. The molecule has 4 atom stereocenters. The summed E-state index contributed by atoms with van der Waals surface area (Å²) in [6, 6.07) is 0. The molecule has 3 unspecified atom stereocenters. The molecule has 0 aromatic carbocycles. The van der Waals surface area contributed by atoms with E-state index in [1.807, 2.05) is 0 Å². The Morgan fingerprint density at radius 3 is 1.10 bits per heavy atom. The fourth-order valence-corrected chi connectivity index (χ4v) is 3.82. The van der Waals surface area contributed by atoms with Crippen molar-refractivity contribution in [2.45, 2.75) is 38.5 Å². The fraction of sp³-hybridized carbons (Fsp3) is 1.00. The van der Waals surface area contributed by atoms with Crippen LogP contribution in [0.1, 0.15) is 38.5 Å². The Balaban J connectivity index is 1.94. The van der Waals surface area contributed by atoms with E-state index < -0.39 is 0 Å². The highest BCUT2D eigenvalue weighted by molar-refractivity contribution is 4.95. The molecule has 0 nitrogen and oxygen atoms in total. The van der Waals surface area contributed by atoms with Crippen LogP contribution in [0.4, 0.5) is 0 Å². The zero-order chi connectivity index (χ0) is 6.55. The average molecular weight is 136 g/mol. The average Bonchev–Trinajstić information content (AvgIpc) is 2.41. The van der Waals surface area contributed by atoms with Crippen LogP contribution in [0.5, 0.6) is 0 Å². The largest absolute Gasteiger partial charge is 0.0499 e. The number of rotatable bonds is 0. The molecule has 0 amide bonds. The van der Waals surface area contributed by atoms with Crippen molar-refractivity contribution < 1.29 is 0 Å². The van der Waals surface area contributed by atoms with Gasteiger partial charge in [-0.15, -0.1) is 0 Å². The van der Waals surface area contributed by atoms with Crippen LogP contribution in [0, 0.1) is 23.7 Å². The molecule has 3 fully saturated rings. The molecule has 0 radical (unpaired) electrons. The summed E-state index contributed by atoms with van der Waals surface area (Å²) < 4.78 is 0. The Hall–Kier alpha value is 0. The van der Waals surface area contributed by atoms with Crippen LogP contribution in [0.3, 0.4) is 0 Å². The van der Waals surface area contributed by atoms with Gasteiger partial charge < -0.3 is 0 Å². The Morgan fingerprint density at radius 1 is 0.500 bits per heavy atom. The molecule has 0 aliphatic heterocycles. The van der Waals surface area contributed by atoms with E-state index in [4.69, 9.17) is 0 Å². The summed E-state index contributed by atoms with van der Waals surface area (Å²) in [4.78, 5) is 0. The SMILES string of the molecule is C1CC2CC1C1CC[C@H]2C1. The highest BCUT2D eigenvalue weighted by Crippen LogP contribution is 2.55. The molecule has 0 aromatic rings. The highest BCUT2D eigenvalue weighted by atomic mass is 14.5. The van der Waals surface area contributed by atoms with Gasteiger partial charge in [0.25, 0.3) is 0 Å². The Morgan fingerprint density at radius 2 is 0.800 bits per heavy atom. The molecule has 4 bridgehead atoms. The van der Waals surface area contributed by atoms with Crippen molar-refractivity contribution in [2.75, 3.05) is 0 Å². The molecule has 0 heterocycles. The van der Waals surface area contributed by atoms with E-state index in [2.05, 4.69) is 0 Å². The summed E-state index contributed by atoms with van der Waals surface area (Å²) >= 11 is 0. The van der Waals surface area contributed by atoms with Crippen LogP contribution < -0.4 is 0 Å². The van der Waals surface area contributed by atoms with Crippen molar-refractivity contribution in [1.29, 1.82) is 0 Å². The lowest BCUT2D eigenvalue weighted by molar-refractivity contribution is 0.243. The number of hydrogen-bond donors (Lipinski definition) is 0. The second kappa shape index (κ2) is 1.78. The molecule has 3 rings (SSSR count). The van der Waals surface area contributed by atoms with Gasteiger partial charge in [-0.05, 0) is 62.2 Å². The van der Waals surface area contributed by atoms with Gasteiger partial charge in [0, 0.05) is 0 Å². The summed E-state index contributed by atoms with van der Waals surface area (Å²) in [5.41, 5.74) is 0. The third kappa shape index (κ3) is 0.580. The zero-order valence-electron chi connectivity index (χ0n) is 6.55. The molecular weight excluding hydrogens is 120 g/mol. The second-order valence-corrected chi connectivity index (χ2v) is 4.67. The summed E-state index contributed by atoms with van der Waals surface area (Å²) in [7, 11) is 0. The normalized spacial score (nSPS) is 57.6. The molecule has 56 valence electrons. The summed E-state index contributed by atoms with van der Waals surface area (Å²) in [5.74, 6) is 4.74. The van der Waals surface area contributed by atoms with E-state index in [0.717, 1.165) is 0 Å². The van der Waals surface area contributed by atoms with Crippen LogP contribution >= 0.6 is 0 Å². The molecule has 0 saturated heterocycles. The van der Waals surface area contributed by atoms with Gasteiger partial charge in [-0.2, -0.15) is 0 Å². The van der Waals surface area contributed by atoms with Crippen LogP contribution in [0.2, 0.25) is 0 Å². The van der Waals surface area contributed by atoms with Crippen molar-refractivity contribution >= 4 is 0 Å². The van der Waals surface area contributed by atoms with Crippen molar-refractivity contribution in [3.8, 4) is 0 Å². The Kier molecular flexibility index (Phi) is 1.00. The highest BCUT2D eigenvalue weighted by Gasteiger charge is 2.44. The van der Waals surface area contributed by atoms with E-state index >= 15 is 0 Å². The van der Waals surface area contributed by atoms with Gasteiger partial charge in [-0.25, -0.2) is 0 Å². The summed E-state index contributed by atoms with van der Waals surface area (Å²) in [6.07, 6.45) is 9.60. The van der Waals surface area contributed by atoms with E-state index in [9.17, 15) is 0 Å². The van der Waals surface area contributed by atoms with Crippen LogP contribution in [0.25, 0.3) is 0 Å². The molecule has 3 saturated carbocycles. The Bertz CT molecular complexity index is 116. The minimum atomic E-state index is 1.18. The molecule has 0 N–H and O–H groups in total. The third-order valence-corrected chi connectivity index (χ3v) is 4.36. The maximum Gasteiger partial charge on any atom is -0.0383 e. The van der Waals surface area contributed by atoms with E-state index in [-0.39, 0.29) is 0 Å². The number of fused-ring (bicyclic) bond motifs is 6. The van der Waals surface area contributed by atoms with E-state index in [1.54, 1.807) is 38.5 Å². The third-order valence-electron chi connectivity index (χ3n) is 4.36. The fourth-order valence-electron chi connectivity index (χ4n) is 3.82. The predicted molar refractivity (Wildman–Crippen MR) is 41.7 cm³/mol. The van der Waals surface area contributed by atoms with Crippen molar-refractivity contribution in [3.05, 3.63) is 0 Å². The molecule has 0 aromatic heterocycles. The minimum absolute atomic E-state index is 1.18. The maximum atomic E-state index is 1.62. The molecule has 3 aliphatic carbocycles. The predicted octanol–water partition coefficient (Wildman–Crippen LogP) is 2.83. The van der Waals surface area contributed by atoms with Gasteiger partial charge in [-0.1, -0.05) is 0 Å². The second-order valence-electron chi connectivity index (χ2n) is 4.67. The van der Waals surface area contributed by atoms with Gasteiger partial charge in [0.05, 0.1) is 0 Å². The van der Waals surface area contributed by atoms with Gasteiger partial charge in [0.1, 0.15) is 0 Å². The van der Waals surface area contributed by atoms with Gasteiger partial charge in [0.15, 0.2) is 0 Å². The van der Waals surface area contributed by atoms with Gasteiger partial charge >= 0.3 is 0 Å². The first-order chi connectivity index (χ1) is 4.93. The maximum absolute atomic E-state index is 1.62.